The number of aryl methyl sites for hydroxylation is 1. The molecule has 0 radical (unpaired) electrons. The minimum Gasteiger partial charge on any atom is -0.508 e. The van der Waals surface area contributed by atoms with Crippen molar-refractivity contribution >= 4 is 11.1 Å². The maximum atomic E-state index is 10.3. The van der Waals surface area contributed by atoms with Gasteiger partial charge in [0.15, 0.2) is 0 Å². The fourth-order valence-electron chi connectivity index (χ4n) is 6.10. The van der Waals surface area contributed by atoms with Crippen molar-refractivity contribution in [1.29, 1.82) is 0 Å². The highest BCUT2D eigenvalue weighted by atomic mass is 16.5. The normalized spacial score (nSPS) is 19.5. The highest BCUT2D eigenvalue weighted by Crippen LogP contribution is 2.48. The number of hydrogen-bond acceptors (Lipinski definition) is 5. The first-order chi connectivity index (χ1) is 19.9. The molecule has 0 spiro atoms. The number of phenolic OH excluding ortho intramolecular Hbond substituents is 1. The molecule has 3 aromatic carbocycles. The van der Waals surface area contributed by atoms with Gasteiger partial charge in [0.05, 0.1) is 5.69 Å². The number of likely N-dealkylation sites (tertiary alicyclic amines) is 1. The number of allylic oxidation sites excluding steroid dienone is 1. The van der Waals surface area contributed by atoms with E-state index in [4.69, 9.17) is 9.47 Å². The Morgan fingerprint density at radius 3 is 2.56 bits per heavy atom. The van der Waals surface area contributed by atoms with Crippen LogP contribution in [0.3, 0.4) is 0 Å². The van der Waals surface area contributed by atoms with Crippen molar-refractivity contribution in [2.24, 2.45) is 5.92 Å². The number of benzene rings is 3. The lowest BCUT2D eigenvalue weighted by Crippen LogP contribution is -2.35. The Balaban J connectivity index is 1.31. The predicted octanol–water partition coefficient (Wildman–Crippen LogP) is 7.94. The minimum absolute atomic E-state index is 0.232. The van der Waals surface area contributed by atoms with Crippen LogP contribution in [0.4, 0.5) is 0 Å². The lowest BCUT2D eigenvalue weighted by Gasteiger charge is -2.31. The molecular formula is C36H38N2O3. The monoisotopic (exact) mass is 546 g/mol. The van der Waals surface area contributed by atoms with E-state index in [1.807, 2.05) is 48.7 Å². The van der Waals surface area contributed by atoms with E-state index in [-0.39, 0.29) is 11.9 Å². The van der Waals surface area contributed by atoms with Gasteiger partial charge in [-0.05, 0) is 110 Å². The Hall–Kier alpha value is -4.09. The molecule has 4 aromatic rings. The summed E-state index contributed by atoms with van der Waals surface area (Å²) in [7, 11) is 0. The first-order valence-electron chi connectivity index (χ1n) is 14.6. The summed E-state index contributed by atoms with van der Waals surface area (Å²) in [4.78, 5) is 7.14. The number of fused-ring (bicyclic) bond motifs is 1. The van der Waals surface area contributed by atoms with Gasteiger partial charge >= 0.3 is 0 Å². The Labute approximate surface area is 243 Å². The molecule has 5 heteroatoms. The number of pyridine rings is 1. The van der Waals surface area contributed by atoms with E-state index < -0.39 is 0 Å². The fourth-order valence-corrected chi connectivity index (χ4v) is 6.10. The first kappa shape index (κ1) is 27.1. The third kappa shape index (κ3) is 5.59. The van der Waals surface area contributed by atoms with Crippen LogP contribution in [-0.2, 0) is 0 Å². The van der Waals surface area contributed by atoms with E-state index in [2.05, 4.69) is 67.9 Å². The van der Waals surface area contributed by atoms with E-state index in [0.29, 0.717) is 12.6 Å². The number of aromatic nitrogens is 1. The molecule has 1 unspecified atom stereocenters. The average molecular weight is 547 g/mol. The van der Waals surface area contributed by atoms with Crippen molar-refractivity contribution < 1.29 is 14.6 Å². The number of nitrogens with zero attached hydrogens (tertiary/aromatic N) is 2. The molecule has 41 heavy (non-hydrogen) atoms. The van der Waals surface area contributed by atoms with Crippen LogP contribution in [0.15, 0.2) is 85.1 Å². The van der Waals surface area contributed by atoms with Gasteiger partial charge < -0.3 is 14.6 Å². The van der Waals surface area contributed by atoms with Crippen molar-refractivity contribution in [3.05, 3.63) is 107 Å². The van der Waals surface area contributed by atoms with Crippen LogP contribution in [-0.4, -0.2) is 40.7 Å². The SMILES string of the molecule is CC1=C(c2cccc(O)c2)C(c2ccc(OC[C@H](C)N3CC[C@@H](C)C3)cc2)Oc2ccc(-c3ncccc3C)cc21. The smallest absolute Gasteiger partial charge is 0.150 e. The van der Waals surface area contributed by atoms with Crippen LogP contribution in [0.5, 0.6) is 17.2 Å². The summed E-state index contributed by atoms with van der Waals surface area (Å²) in [6.07, 6.45) is 2.77. The highest BCUT2D eigenvalue weighted by molar-refractivity contribution is 5.96. The standard InChI is InChI=1S/C36H38N2O3/c1-23-16-18-38(21-23)25(3)22-40-31-13-10-27(11-14-31)36-34(28-8-5-9-30(39)19-28)26(4)32-20-29(12-15-33(32)41-36)35-24(2)7-6-17-37-35/h5-15,17,19-20,23,25,36,39H,16,18,21-22H2,1-4H3/t23-,25+,36?/m1/s1. The average Bonchev–Trinajstić information content (AvgIpc) is 3.42. The Morgan fingerprint density at radius 2 is 1.83 bits per heavy atom. The van der Waals surface area contributed by atoms with Crippen molar-refractivity contribution in [2.45, 2.75) is 46.3 Å². The lowest BCUT2D eigenvalue weighted by molar-refractivity contribution is 0.169. The molecule has 0 bridgehead atoms. The summed E-state index contributed by atoms with van der Waals surface area (Å²) < 4.78 is 12.9. The molecular weight excluding hydrogens is 508 g/mol. The molecule has 2 aliphatic heterocycles. The molecule has 5 nitrogen and oxygen atoms in total. The van der Waals surface area contributed by atoms with Gasteiger partial charge in [0.2, 0.25) is 0 Å². The van der Waals surface area contributed by atoms with Crippen LogP contribution in [0.2, 0.25) is 0 Å². The Bertz CT molecular complexity index is 1580. The summed E-state index contributed by atoms with van der Waals surface area (Å²) in [6, 6.07) is 26.4. The molecule has 210 valence electrons. The number of phenols is 1. The molecule has 0 aliphatic carbocycles. The molecule has 0 amide bonds. The molecule has 3 heterocycles. The zero-order valence-electron chi connectivity index (χ0n) is 24.3. The molecule has 1 N–H and O–H groups in total. The lowest BCUT2D eigenvalue weighted by atomic mass is 9.85. The number of ether oxygens (including phenoxy) is 2. The summed E-state index contributed by atoms with van der Waals surface area (Å²) >= 11 is 0. The van der Waals surface area contributed by atoms with Crippen LogP contribution in [0, 0.1) is 12.8 Å². The van der Waals surface area contributed by atoms with Gasteiger partial charge in [0.1, 0.15) is 30.0 Å². The second kappa shape index (κ2) is 11.4. The first-order valence-corrected chi connectivity index (χ1v) is 14.6. The van der Waals surface area contributed by atoms with Gasteiger partial charge in [-0.1, -0.05) is 37.3 Å². The van der Waals surface area contributed by atoms with E-state index in [1.54, 1.807) is 6.07 Å². The summed E-state index contributed by atoms with van der Waals surface area (Å²) in [5, 5.41) is 10.3. The molecule has 3 atom stereocenters. The maximum absolute atomic E-state index is 10.3. The number of aromatic hydroxyl groups is 1. The van der Waals surface area contributed by atoms with Crippen LogP contribution < -0.4 is 9.47 Å². The second-order valence-corrected chi connectivity index (χ2v) is 11.6. The maximum Gasteiger partial charge on any atom is 0.150 e. The van der Waals surface area contributed by atoms with Crippen LogP contribution >= 0.6 is 0 Å². The van der Waals surface area contributed by atoms with Crippen LogP contribution in [0.1, 0.15) is 55.5 Å². The van der Waals surface area contributed by atoms with Gasteiger partial charge in [-0.3, -0.25) is 9.88 Å². The van der Waals surface area contributed by atoms with Gasteiger partial charge in [0.25, 0.3) is 0 Å². The third-order valence-electron chi connectivity index (χ3n) is 8.49. The largest absolute Gasteiger partial charge is 0.508 e. The van der Waals surface area contributed by atoms with Gasteiger partial charge in [-0.2, -0.15) is 0 Å². The predicted molar refractivity (Wildman–Crippen MR) is 165 cm³/mol. The van der Waals surface area contributed by atoms with E-state index >= 15 is 0 Å². The second-order valence-electron chi connectivity index (χ2n) is 11.6. The topological polar surface area (TPSA) is 54.8 Å². The summed E-state index contributed by atoms with van der Waals surface area (Å²) in [5.74, 6) is 2.69. The summed E-state index contributed by atoms with van der Waals surface area (Å²) in [5.41, 5.74) is 8.31. The summed E-state index contributed by atoms with van der Waals surface area (Å²) in [6.45, 7) is 11.8. The number of hydrogen-bond donors (Lipinski definition) is 1. The highest BCUT2D eigenvalue weighted by Gasteiger charge is 2.30. The Kier molecular flexibility index (Phi) is 7.55. The van der Waals surface area contributed by atoms with Gasteiger partial charge in [-0.25, -0.2) is 0 Å². The Morgan fingerprint density at radius 1 is 1.00 bits per heavy atom. The van der Waals surface area contributed by atoms with Crippen molar-refractivity contribution in [2.75, 3.05) is 19.7 Å². The molecule has 1 saturated heterocycles. The van der Waals surface area contributed by atoms with E-state index in [9.17, 15) is 5.11 Å². The molecule has 1 aromatic heterocycles. The number of rotatable bonds is 7. The third-order valence-corrected chi connectivity index (χ3v) is 8.49. The molecule has 1 fully saturated rings. The molecule has 0 saturated carbocycles. The van der Waals surface area contributed by atoms with Crippen LogP contribution in [0.25, 0.3) is 22.4 Å². The minimum atomic E-state index is -0.328. The molecule has 2 aliphatic rings. The van der Waals surface area contributed by atoms with Gasteiger partial charge in [-0.15, -0.1) is 0 Å². The quantitative estimate of drug-likeness (QED) is 0.255. The molecule has 6 rings (SSSR count). The zero-order chi connectivity index (χ0) is 28.5. The zero-order valence-corrected chi connectivity index (χ0v) is 24.3. The fraction of sp³-hybridized carbons (Fsp3) is 0.306. The van der Waals surface area contributed by atoms with E-state index in [1.165, 1.54) is 6.42 Å². The van der Waals surface area contributed by atoms with Gasteiger partial charge in [0, 0.05) is 35.5 Å². The van der Waals surface area contributed by atoms with Crippen molar-refractivity contribution in [3.63, 3.8) is 0 Å². The van der Waals surface area contributed by atoms with E-state index in [0.717, 1.165) is 75.2 Å². The van der Waals surface area contributed by atoms with Crippen molar-refractivity contribution in [1.82, 2.24) is 9.88 Å². The van der Waals surface area contributed by atoms with Crippen molar-refractivity contribution in [3.8, 4) is 28.5 Å².